The third kappa shape index (κ3) is 2.68. The minimum atomic E-state index is -0.478. The molecule has 1 aliphatic carbocycles. The lowest BCUT2D eigenvalue weighted by atomic mass is 10.1. The number of rotatable bonds is 3. The van der Waals surface area contributed by atoms with Gasteiger partial charge >= 0.3 is 5.69 Å². The zero-order valence-corrected chi connectivity index (χ0v) is 16.5. The van der Waals surface area contributed by atoms with E-state index in [1.54, 1.807) is 7.05 Å². The molecule has 0 fully saturated rings. The fourth-order valence-corrected chi connectivity index (χ4v) is 4.09. The van der Waals surface area contributed by atoms with E-state index in [0.29, 0.717) is 5.69 Å². The first kappa shape index (κ1) is 18.1. The molecule has 2 aromatic carbocycles. The number of nitrogens with one attached hydrogen (secondary N) is 1. The van der Waals surface area contributed by atoms with Crippen LogP contribution in [-0.4, -0.2) is 24.6 Å². The van der Waals surface area contributed by atoms with Crippen LogP contribution < -0.4 is 16.6 Å². The summed E-state index contributed by atoms with van der Waals surface area (Å²) in [5.41, 5.74) is 5.12. The molecule has 4 aromatic rings. The van der Waals surface area contributed by atoms with E-state index in [-0.39, 0.29) is 23.6 Å². The molecule has 1 amide bonds. The molecule has 8 nitrogen and oxygen atoms in total. The van der Waals surface area contributed by atoms with Crippen molar-refractivity contribution in [2.45, 2.75) is 13.0 Å². The van der Waals surface area contributed by atoms with Gasteiger partial charge in [-0.1, -0.05) is 30.3 Å². The lowest BCUT2D eigenvalue weighted by molar-refractivity contribution is -0.116. The average molecular weight is 401 g/mol. The first-order valence-electron chi connectivity index (χ1n) is 9.56. The quantitative estimate of drug-likeness (QED) is 0.498. The van der Waals surface area contributed by atoms with Crippen LogP contribution in [-0.2, 0) is 31.9 Å². The molecule has 0 unspecified atom stereocenters. The number of aryl methyl sites for hydroxylation is 1. The van der Waals surface area contributed by atoms with Gasteiger partial charge in [0.2, 0.25) is 5.91 Å². The first-order valence-corrected chi connectivity index (χ1v) is 9.56. The predicted molar refractivity (Wildman–Crippen MR) is 114 cm³/mol. The molecule has 0 spiro atoms. The highest BCUT2D eigenvalue weighted by molar-refractivity contribution is 5.92. The molecule has 0 aliphatic heterocycles. The molecule has 8 heteroatoms. The maximum atomic E-state index is 12.7. The number of amides is 1. The second-order valence-electron chi connectivity index (χ2n) is 7.50. The Labute approximate surface area is 171 Å². The average Bonchev–Trinajstić information content (AvgIpc) is 3.31. The van der Waals surface area contributed by atoms with Gasteiger partial charge in [0.1, 0.15) is 6.54 Å². The molecule has 2 heterocycles. The number of carbonyl (C=O) groups excluding carboxylic acids is 1. The Morgan fingerprint density at radius 2 is 1.80 bits per heavy atom. The van der Waals surface area contributed by atoms with Gasteiger partial charge in [-0.05, 0) is 40.8 Å². The molecular formula is C22H19N5O3. The highest BCUT2D eigenvalue weighted by atomic mass is 16.2. The summed E-state index contributed by atoms with van der Waals surface area (Å²) in [5, 5.41) is 2.90. The molecule has 0 saturated heterocycles. The number of hydrogen-bond donors (Lipinski definition) is 1. The number of aromatic nitrogens is 4. The Hall–Kier alpha value is -3.94. The van der Waals surface area contributed by atoms with Crippen LogP contribution >= 0.6 is 0 Å². The minimum absolute atomic E-state index is 0.0821. The summed E-state index contributed by atoms with van der Waals surface area (Å²) in [6.45, 7) is -0.0821. The monoisotopic (exact) mass is 401 g/mol. The van der Waals surface area contributed by atoms with Gasteiger partial charge in [-0.15, -0.1) is 0 Å². The van der Waals surface area contributed by atoms with E-state index in [0.717, 1.165) is 11.0 Å². The SMILES string of the molecule is Cn1c(=O)c2c(ncn2CC(=O)Nc2ccc3c(c2)Cc2ccccc2-3)n(C)c1=O. The van der Waals surface area contributed by atoms with Crippen molar-refractivity contribution in [3.63, 3.8) is 0 Å². The number of fused-ring (bicyclic) bond motifs is 4. The van der Waals surface area contributed by atoms with Crippen LogP contribution in [0.5, 0.6) is 0 Å². The van der Waals surface area contributed by atoms with E-state index in [2.05, 4.69) is 22.4 Å². The van der Waals surface area contributed by atoms with Gasteiger partial charge in [-0.25, -0.2) is 9.78 Å². The standard InChI is InChI=1S/C22H19N5O3/c1-25-20-19(21(29)26(2)22(25)30)27(12-23-20)11-18(28)24-15-7-8-17-14(10-15)9-13-5-3-4-6-16(13)17/h3-8,10,12H,9,11H2,1-2H3,(H,24,28). The lowest BCUT2D eigenvalue weighted by Gasteiger charge is -2.09. The highest BCUT2D eigenvalue weighted by Crippen LogP contribution is 2.37. The minimum Gasteiger partial charge on any atom is -0.325 e. The molecule has 0 bridgehead atoms. The summed E-state index contributed by atoms with van der Waals surface area (Å²) in [5.74, 6) is -0.277. The smallest absolute Gasteiger partial charge is 0.325 e. The summed E-state index contributed by atoms with van der Waals surface area (Å²) >= 11 is 0. The van der Waals surface area contributed by atoms with Crippen molar-refractivity contribution in [3.8, 4) is 11.1 Å². The number of carbonyl (C=O) groups is 1. The molecular weight excluding hydrogens is 382 g/mol. The van der Waals surface area contributed by atoms with Crippen molar-refractivity contribution >= 4 is 22.8 Å². The Morgan fingerprint density at radius 1 is 1.03 bits per heavy atom. The van der Waals surface area contributed by atoms with E-state index in [4.69, 9.17) is 0 Å². The molecule has 30 heavy (non-hydrogen) atoms. The van der Waals surface area contributed by atoms with Crippen molar-refractivity contribution in [2.24, 2.45) is 14.1 Å². The molecule has 5 rings (SSSR count). The molecule has 150 valence electrons. The fourth-order valence-electron chi connectivity index (χ4n) is 4.09. The Bertz CT molecular complexity index is 1460. The number of anilines is 1. The van der Waals surface area contributed by atoms with Crippen LogP contribution in [0.15, 0.2) is 58.4 Å². The Balaban J connectivity index is 1.41. The van der Waals surface area contributed by atoms with Gasteiger partial charge in [-0.3, -0.25) is 18.7 Å². The van der Waals surface area contributed by atoms with Crippen LogP contribution in [0, 0.1) is 0 Å². The van der Waals surface area contributed by atoms with Gasteiger partial charge in [0.25, 0.3) is 5.56 Å². The van der Waals surface area contributed by atoms with Crippen molar-refractivity contribution in [2.75, 3.05) is 5.32 Å². The van der Waals surface area contributed by atoms with Crippen molar-refractivity contribution in [1.82, 2.24) is 18.7 Å². The van der Waals surface area contributed by atoms with Gasteiger partial charge in [0, 0.05) is 19.8 Å². The van der Waals surface area contributed by atoms with Gasteiger partial charge in [0.15, 0.2) is 11.2 Å². The summed E-state index contributed by atoms with van der Waals surface area (Å²) in [6, 6.07) is 14.2. The molecule has 1 aliphatic rings. The topological polar surface area (TPSA) is 90.9 Å². The van der Waals surface area contributed by atoms with Crippen LogP contribution in [0.4, 0.5) is 5.69 Å². The maximum absolute atomic E-state index is 12.7. The third-order valence-corrected chi connectivity index (χ3v) is 5.61. The number of nitrogens with zero attached hydrogens (tertiary/aromatic N) is 4. The summed E-state index contributed by atoms with van der Waals surface area (Å²) < 4.78 is 3.77. The zero-order chi connectivity index (χ0) is 21.0. The molecule has 1 N–H and O–H groups in total. The van der Waals surface area contributed by atoms with Crippen LogP contribution in [0.1, 0.15) is 11.1 Å². The summed E-state index contributed by atoms with van der Waals surface area (Å²) in [6.07, 6.45) is 2.25. The van der Waals surface area contributed by atoms with Crippen molar-refractivity contribution in [3.05, 3.63) is 80.8 Å². The van der Waals surface area contributed by atoms with Crippen molar-refractivity contribution < 1.29 is 4.79 Å². The third-order valence-electron chi connectivity index (χ3n) is 5.61. The van der Waals surface area contributed by atoms with E-state index in [1.165, 1.54) is 44.8 Å². The van der Waals surface area contributed by atoms with Gasteiger partial charge < -0.3 is 9.88 Å². The second-order valence-corrected chi connectivity index (χ2v) is 7.50. The van der Waals surface area contributed by atoms with Crippen LogP contribution in [0.25, 0.3) is 22.3 Å². The van der Waals surface area contributed by atoms with Crippen molar-refractivity contribution in [1.29, 1.82) is 0 Å². The fraction of sp³-hybridized carbons (Fsp3) is 0.182. The van der Waals surface area contributed by atoms with Gasteiger partial charge in [0.05, 0.1) is 6.33 Å². The van der Waals surface area contributed by atoms with Gasteiger partial charge in [-0.2, -0.15) is 0 Å². The lowest BCUT2D eigenvalue weighted by Crippen LogP contribution is -2.37. The van der Waals surface area contributed by atoms with E-state index < -0.39 is 11.2 Å². The normalized spacial score (nSPS) is 12.1. The number of benzene rings is 2. The van der Waals surface area contributed by atoms with Crippen LogP contribution in [0.3, 0.4) is 0 Å². The van der Waals surface area contributed by atoms with E-state index in [1.807, 2.05) is 30.3 Å². The summed E-state index contributed by atoms with van der Waals surface area (Å²) in [4.78, 5) is 41.4. The molecule has 2 aromatic heterocycles. The van der Waals surface area contributed by atoms with E-state index in [9.17, 15) is 14.4 Å². The highest BCUT2D eigenvalue weighted by Gasteiger charge is 2.19. The largest absolute Gasteiger partial charge is 0.332 e. The number of hydrogen-bond acceptors (Lipinski definition) is 4. The molecule has 0 radical (unpaired) electrons. The second kappa shape index (κ2) is 6.55. The maximum Gasteiger partial charge on any atom is 0.332 e. The Morgan fingerprint density at radius 3 is 2.63 bits per heavy atom. The molecule has 0 saturated carbocycles. The van der Waals surface area contributed by atoms with Crippen LogP contribution in [0.2, 0.25) is 0 Å². The number of imidazole rings is 1. The molecule has 0 atom stereocenters. The zero-order valence-electron chi connectivity index (χ0n) is 16.5. The Kier molecular flexibility index (Phi) is 3.95. The summed E-state index contributed by atoms with van der Waals surface area (Å²) in [7, 11) is 2.95. The van der Waals surface area contributed by atoms with E-state index >= 15 is 0 Å². The predicted octanol–water partition coefficient (Wildman–Crippen LogP) is 1.64. The first-order chi connectivity index (χ1) is 14.4.